The molecule has 0 aromatic heterocycles. The van der Waals surface area contributed by atoms with Gasteiger partial charge in [0.25, 0.3) is 0 Å². The first-order valence-corrected chi connectivity index (χ1v) is 5.27. The molecule has 1 aliphatic rings. The summed E-state index contributed by atoms with van der Waals surface area (Å²) in [4.78, 5) is 1.84. The molecule has 88 valence electrons. The fourth-order valence-electron chi connectivity index (χ4n) is 1.86. The van der Waals surface area contributed by atoms with Crippen LogP contribution in [0.25, 0.3) is 0 Å². The van der Waals surface area contributed by atoms with Gasteiger partial charge in [-0.1, -0.05) is 12.1 Å². The van der Waals surface area contributed by atoms with Crippen molar-refractivity contribution in [3.63, 3.8) is 0 Å². The first kappa shape index (κ1) is 11.3. The summed E-state index contributed by atoms with van der Waals surface area (Å²) < 4.78 is 13.9. The molecule has 0 spiro atoms. The van der Waals surface area contributed by atoms with Crippen molar-refractivity contribution < 1.29 is 9.50 Å². The second-order valence-corrected chi connectivity index (χ2v) is 3.82. The minimum absolute atomic E-state index is 0.294. The second kappa shape index (κ2) is 4.78. The van der Waals surface area contributed by atoms with Gasteiger partial charge in [-0.15, -0.1) is 0 Å². The SMILES string of the molecule is [O-]N1CCN(c2cccc(CO)c2F)CC1. The zero-order valence-corrected chi connectivity index (χ0v) is 8.90. The molecule has 0 unspecified atom stereocenters. The van der Waals surface area contributed by atoms with Gasteiger partial charge in [-0.2, -0.15) is 0 Å². The Morgan fingerprint density at radius 1 is 1.25 bits per heavy atom. The number of hydroxylamine groups is 2. The Hall–Kier alpha value is -1.17. The summed E-state index contributed by atoms with van der Waals surface area (Å²) in [6, 6.07) is 4.95. The van der Waals surface area contributed by atoms with Gasteiger partial charge in [0.1, 0.15) is 0 Å². The molecule has 0 saturated carbocycles. The Morgan fingerprint density at radius 3 is 2.56 bits per heavy atom. The summed E-state index contributed by atoms with van der Waals surface area (Å²) in [5, 5.41) is 20.9. The van der Waals surface area contributed by atoms with Gasteiger partial charge in [-0.05, 0) is 6.07 Å². The number of piperazine rings is 1. The third-order valence-electron chi connectivity index (χ3n) is 2.81. The van der Waals surface area contributed by atoms with Crippen molar-refractivity contribution in [2.24, 2.45) is 0 Å². The first-order chi connectivity index (χ1) is 7.72. The Morgan fingerprint density at radius 2 is 1.94 bits per heavy atom. The number of aliphatic hydroxyl groups is 1. The smallest absolute Gasteiger partial charge is 0.151 e. The van der Waals surface area contributed by atoms with E-state index in [9.17, 15) is 9.60 Å². The summed E-state index contributed by atoms with van der Waals surface area (Å²) in [5.41, 5.74) is 0.765. The molecule has 1 heterocycles. The van der Waals surface area contributed by atoms with Crippen molar-refractivity contribution in [1.29, 1.82) is 0 Å². The van der Waals surface area contributed by atoms with E-state index >= 15 is 0 Å². The maximum Gasteiger partial charge on any atom is 0.151 e. The van der Waals surface area contributed by atoms with E-state index in [0.717, 1.165) is 5.06 Å². The van der Waals surface area contributed by atoms with Crippen LogP contribution in [0.5, 0.6) is 0 Å². The van der Waals surface area contributed by atoms with Crippen molar-refractivity contribution in [2.75, 3.05) is 31.1 Å². The number of benzene rings is 1. The highest BCUT2D eigenvalue weighted by molar-refractivity contribution is 5.50. The highest BCUT2D eigenvalue weighted by Crippen LogP contribution is 2.23. The van der Waals surface area contributed by atoms with Crippen molar-refractivity contribution in [1.82, 2.24) is 5.06 Å². The average Bonchev–Trinajstić information content (AvgIpc) is 2.31. The van der Waals surface area contributed by atoms with Gasteiger partial charge < -0.3 is 20.3 Å². The molecule has 1 aromatic rings. The molecule has 1 N–H and O–H groups in total. The van der Waals surface area contributed by atoms with Crippen LogP contribution in [0.4, 0.5) is 10.1 Å². The van der Waals surface area contributed by atoms with Crippen LogP contribution in [0.2, 0.25) is 0 Å². The molecular weight excluding hydrogens is 211 g/mol. The Bertz CT molecular complexity index is 365. The van der Waals surface area contributed by atoms with Crippen LogP contribution >= 0.6 is 0 Å². The number of halogens is 1. The van der Waals surface area contributed by atoms with Crippen LogP contribution in [0.3, 0.4) is 0 Å². The molecular formula is C11H14FN2O2-. The van der Waals surface area contributed by atoms with Crippen LogP contribution in [0.15, 0.2) is 18.2 Å². The summed E-state index contributed by atoms with van der Waals surface area (Å²) in [6.45, 7) is 1.53. The largest absolute Gasteiger partial charge is 0.785 e. The number of rotatable bonds is 2. The number of hydrogen-bond acceptors (Lipinski definition) is 4. The number of nitrogens with zero attached hydrogens (tertiary/aromatic N) is 2. The van der Waals surface area contributed by atoms with Crippen LogP contribution in [-0.2, 0) is 6.61 Å². The van der Waals surface area contributed by atoms with Crippen LogP contribution in [-0.4, -0.2) is 36.3 Å². The van der Waals surface area contributed by atoms with E-state index in [0.29, 0.717) is 37.4 Å². The van der Waals surface area contributed by atoms with E-state index in [-0.39, 0.29) is 12.4 Å². The van der Waals surface area contributed by atoms with E-state index in [2.05, 4.69) is 0 Å². The lowest BCUT2D eigenvalue weighted by atomic mass is 10.1. The zero-order chi connectivity index (χ0) is 11.5. The molecule has 2 rings (SSSR count). The molecule has 16 heavy (non-hydrogen) atoms. The zero-order valence-electron chi connectivity index (χ0n) is 8.90. The lowest BCUT2D eigenvalue weighted by Gasteiger charge is -2.39. The highest BCUT2D eigenvalue weighted by atomic mass is 19.1. The Balaban J connectivity index is 2.20. The lowest BCUT2D eigenvalue weighted by Crippen LogP contribution is -2.44. The maximum absolute atomic E-state index is 13.9. The molecule has 1 fully saturated rings. The molecule has 0 atom stereocenters. The molecule has 0 bridgehead atoms. The van der Waals surface area contributed by atoms with Gasteiger partial charge in [0, 0.05) is 31.7 Å². The standard InChI is InChI=1S/C11H14FN2O2/c12-11-9(8-15)2-1-3-10(11)13-4-6-14(16)7-5-13/h1-3,15H,4-8H2/q-1. The summed E-state index contributed by atoms with van der Waals surface area (Å²) >= 11 is 0. The molecule has 1 aromatic carbocycles. The molecule has 1 saturated heterocycles. The topological polar surface area (TPSA) is 49.8 Å². The molecule has 1 aliphatic heterocycles. The maximum atomic E-state index is 13.9. The number of aliphatic hydroxyl groups excluding tert-OH is 1. The molecule has 0 aliphatic carbocycles. The van der Waals surface area contributed by atoms with Crippen molar-refractivity contribution in [3.8, 4) is 0 Å². The average molecular weight is 225 g/mol. The van der Waals surface area contributed by atoms with Crippen LogP contribution in [0.1, 0.15) is 5.56 Å². The Kier molecular flexibility index (Phi) is 3.38. The van der Waals surface area contributed by atoms with E-state index in [4.69, 9.17) is 5.11 Å². The molecule has 0 radical (unpaired) electrons. The predicted octanol–water partition coefficient (Wildman–Crippen LogP) is 0.938. The minimum Gasteiger partial charge on any atom is -0.785 e. The van der Waals surface area contributed by atoms with Crippen molar-refractivity contribution >= 4 is 5.69 Å². The fraction of sp³-hybridized carbons (Fsp3) is 0.455. The molecule has 5 heteroatoms. The second-order valence-electron chi connectivity index (χ2n) is 3.82. The van der Waals surface area contributed by atoms with Gasteiger partial charge >= 0.3 is 0 Å². The van der Waals surface area contributed by atoms with Crippen LogP contribution < -0.4 is 4.90 Å². The lowest BCUT2D eigenvalue weighted by molar-refractivity contribution is 0.275. The quantitative estimate of drug-likeness (QED) is 0.813. The normalized spacial score (nSPS) is 17.8. The van der Waals surface area contributed by atoms with Gasteiger partial charge in [0.2, 0.25) is 0 Å². The fourth-order valence-corrected chi connectivity index (χ4v) is 1.86. The molecule has 0 amide bonds. The van der Waals surface area contributed by atoms with E-state index in [1.54, 1.807) is 18.2 Å². The number of hydrogen-bond donors (Lipinski definition) is 1. The monoisotopic (exact) mass is 225 g/mol. The third-order valence-corrected chi connectivity index (χ3v) is 2.81. The third kappa shape index (κ3) is 2.16. The number of anilines is 1. The van der Waals surface area contributed by atoms with E-state index in [1.807, 2.05) is 4.90 Å². The van der Waals surface area contributed by atoms with E-state index in [1.165, 1.54) is 0 Å². The van der Waals surface area contributed by atoms with Crippen LogP contribution in [0, 0.1) is 11.0 Å². The highest BCUT2D eigenvalue weighted by Gasteiger charge is 2.16. The molecule has 4 nitrogen and oxygen atoms in total. The Labute approximate surface area is 93.5 Å². The van der Waals surface area contributed by atoms with Crippen molar-refractivity contribution in [3.05, 3.63) is 34.8 Å². The van der Waals surface area contributed by atoms with Gasteiger partial charge in [0.05, 0.1) is 12.3 Å². The van der Waals surface area contributed by atoms with Gasteiger partial charge in [-0.25, -0.2) is 4.39 Å². The van der Waals surface area contributed by atoms with Gasteiger partial charge in [-0.3, -0.25) is 0 Å². The predicted molar refractivity (Wildman–Crippen MR) is 59.5 cm³/mol. The van der Waals surface area contributed by atoms with Gasteiger partial charge in [0.15, 0.2) is 5.82 Å². The summed E-state index contributed by atoms with van der Waals surface area (Å²) in [6.07, 6.45) is 0. The minimum atomic E-state index is -0.385. The van der Waals surface area contributed by atoms with Crippen molar-refractivity contribution in [2.45, 2.75) is 6.61 Å². The summed E-state index contributed by atoms with van der Waals surface area (Å²) in [5.74, 6) is -0.385. The van der Waals surface area contributed by atoms with E-state index < -0.39 is 0 Å². The first-order valence-electron chi connectivity index (χ1n) is 5.27. The summed E-state index contributed by atoms with van der Waals surface area (Å²) in [7, 11) is 0.